The Bertz CT molecular complexity index is 2210. The fraction of sp³-hybridized carbons (Fsp3) is 0.512. The van der Waals surface area contributed by atoms with E-state index in [0.29, 0.717) is 71.6 Å². The minimum absolute atomic E-state index is 0.193. The monoisotopic (exact) mass is 796 g/mol. The molecular formula is C43H53ClN8O5. The molecule has 0 spiro atoms. The normalized spacial score (nSPS) is 24.1. The van der Waals surface area contributed by atoms with Crippen LogP contribution in [-0.4, -0.2) is 88.2 Å². The van der Waals surface area contributed by atoms with Crippen molar-refractivity contribution < 1.29 is 24.6 Å². The topological polar surface area (TPSA) is 158 Å². The number of hydrogen-bond donors (Lipinski definition) is 4. The molecule has 57 heavy (non-hydrogen) atoms. The summed E-state index contributed by atoms with van der Waals surface area (Å²) >= 11 is 7.04. The van der Waals surface area contributed by atoms with Crippen molar-refractivity contribution in [1.82, 2.24) is 28.9 Å². The van der Waals surface area contributed by atoms with Gasteiger partial charge in [0.25, 0.3) is 11.8 Å². The maximum absolute atomic E-state index is 13.8. The molecule has 0 radical (unpaired) electrons. The molecule has 2 aliphatic heterocycles. The maximum Gasteiger partial charge on any atom is 0.309 e. The number of hydrogen-bond acceptors (Lipinski definition) is 8. The van der Waals surface area contributed by atoms with Crippen LogP contribution in [-0.2, 0) is 44.8 Å². The third-order valence-electron chi connectivity index (χ3n) is 13.4. The summed E-state index contributed by atoms with van der Waals surface area (Å²) in [5, 5.41) is 26.1. The van der Waals surface area contributed by atoms with Gasteiger partial charge in [-0.25, -0.2) is 9.97 Å². The van der Waals surface area contributed by atoms with Crippen LogP contribution in [0.3, 0.4) is 0 Å². The molecule has 2 aliphatic carbocycles. The lowest BCUT2D eigenvalue weighted by Crippen LogP contribution is -2.44. The van der Waals surface area contributed by atoms with Crippen LogP contribution in [0.4, 0.5) is 11.4 Å². The van der Waals surface area contributed by atoms with E-state index in [0.717, 1.165) is 98.4 Å². The largest absolute Gasteiger partial charge is 0.481 e. The molecule has 2 saturated carbocycles. The summed E-state index contributed by atoms with van der Waals surface area (Å²) in [7, 11) is 3.78. The van der Waals surface area contributed by atoms with E-state index >= 15 is 0 Å². The summed E-state index contributed by atoms with van der Waals surface area (Å²) in [5.41, 5.74) is 6.74. The number of benzene rings is 2. The van der Waals surface area contributed by atoms with Crippen LogP contribution in [0.15, 0.2) is 36.4 Å². The van der Waals surface area contributed by atoms with E-state index < -0.39 is 11.4 Å². The Morgan fingerprint density at radius 3 is 1.79 bits per heavy atom. The summed E-state index contributed by atoms with van der Waals surface area (Å²) in [4.78, 5) is 53.8. The number of aliphatic hydroxyl groups is 1. The van der Waals surface area contributed by atoms with E-state index in [2.05, 4.69) is 20.4 Å². The zero-order valence-electron chi connectivity index (χ0n) is 33.3. The number of aliphatic hydroxyl groups excluding tert-OH is 1. The van der Waals surface area contributed by atoms with Gasteiger partial charge in [0.05, 0.1) is 33.6 Å². The number of nitrogens with one attached hydrogen (secondary N) is 2. The van der Waals surface area contributed by atoms with Crippen molar-refractivity contribution in [1.29, 1.82) is 0 Å². The number of aliphatic carboxylic acids is 1. The lowest BCUT2D eigenvalue weighted by Gasteiger charge is -2.41. The number of rotatable bonds is 8. The van der Waals surface area contributed by atoms with Crippen molar-refractivity contribution in [2.24, 2.45) is 19.5 Å². The molecule has 302 valence electrons. The van der Waals surface area contributed by atoms with Crippen molar-refractivity contribution in [3.05, 3.63) is 81.4 Å². The van der Waals surface area contributed by atoms with Gasteiger partial charge in [0, 0.05) is 87.8 Å². The predicted molar refractivity (Wildman–Crippen MR) is 218 cm³/mol. The number of halogens is 1. The van der Waals surface area contributed by atoms with Crippen LogP contribution in [0.5, 0.6) is 0 Å². The van der Waals surface area contributed by atoms with E-state index in [1.54, 1.807) is 6.07 Å². The highest BCUT2D eigenvalue weighted by Gasteiger charge is 2.40. The first-order valence-electron chi connectivity index (χ1n) is 20.3. The molecule has 2 aromatic heterocycles. The molecule has 13 nitrogen and oxygen atoms in total. The molecule has 4 heterocycles. The van der Waals surface area contributed by atoms with Crippen molar-refractivity contribution >= 4 is 40.8 Å². The molecule has 0 bridgehead atoms. The summed E-state index contributed by atoms with van der Waals surface area (Å²) in [6.45, 7) is 6.87. The second-order valence-electron chi connectivity index (χ2n) is 16.8. The average Bonchev–Trinajstić information content (AvgIpc) is 3.72. The number of imidazole rings is 2. The Kier molecular flexibility index (Phi) is 10.8. The van der Waals surface area contributed by atoms with Gasteiger partial charge in [-0.15, -0.1) is 0 Å². The summed E-state index contributed by atoms with van der Waals surface area (Å²) < 4.78 is 3.78. The van der Waals surface area contributed by atoms with Gasteiger partial charge in [0.1, 0.15) is 0 Å². The maximum atomic E-state index is 13.8. The molecule has 0 unspecified atom stereocenters. The number of amides is 2. The number of carboxylic acid groups (broad SMARTS) is 1. The Hall–Kier alpha value is -4.56. The predicted octanol–water partition coefficient (Wildman–Crippen LogP) is 6.34. The molecule has 4 aliphatic rings. The first-order chi connectivity index (χ1) is 27.3. The highest BCUT2D eigenvalue weighted by molar-refractivity contribution is 6.36. The van der Waals surface area contributed by atoms with Gasteiger partial charge in [-0.3, -0.25) is 24.2 Å². The highest BCUT2D eigenvalue weighted by atomic mass is 35.5. The lowest BCUT2D eigenvalue weighted by molar-refractivity contribution is -0.150. The average molecular weight is 797 g/mol. The fourth-order valence-corrected chi connectivity index (χ4v) is 9.90. The van der Waals surface area contributed by atoms with Crippen molar-refractivity contribution in [3.63, 3.8) is 0 Å². The van der Waals surface area contributed by atoms with Gasteiger partial charge in [0.2, 0.25) is 0 Å². The molecule has 4 N–H and O–H groups in total. The van der Waals surface area contributed by atoms with E-state index in [1.165, 1.54) is 0 Å². The number of aromatic nitrogens is 4. The quantitative estimate of drug-likeness (QED) is 0.160. The number of fused-ring (bicyclic) bond motifs is 2. The van der Waals surface area contributed by atoms with E-state index in [-0.39, 0.29) is 17.9 Å². The number of nitrogens with zero attached hydrogens (tertiary/aromatic N) is 6. The van der Waals surface area contributed by atoms with Crippen LogP contribution in [0.2, 0.25) is 5.02 Å². The van der Waals surface area contributed by atoms with Crippen LogP contribution < -0.4 is 10.6 Å². The Morgan fingerprint density at radius 2 is 1.25 bits per heavy atom. The molecule has 2 aromatic carbocycles. The van der Waals surface area contributed by atoms with Crippen LogP contribution in [0, 0.1) is 12.3 Å². The van der Waals surface area contributed by atoms with E-state index in [1.807, 2.05) is 67.4 Å². The molecular weight excluding hydrogens is 744 g/mol. The number of carbonyl (C=O) groups excluding carboxylic acids is 2. The van der Waals surface area contributed by atoms with E-state index in [9.17, 15) is 24.6 Å². The van der Waals surface area contributed by atoms with Crippen molar-refractivity contribution in [3.8, 4) is 11.1 Å². The fourth-order valence-electron chi connectivity index (χ4n) is 9.62. The third-order valence-corrected chi connectivity index (χ3v) is 13.8. The van der Waals surface area contributed by atoms with Gasteiger partial charge in [0.15, 0.2) is 11.6 Å². The van der Waals surface area contributed by atoms with Crippen LogP contribution in [0.25, 0.3) is 11.1 Å². The lowest BCUT2D eigenvalue weighted by atomic mass is 9.73. The van der Waals surface area contributed by atoms with E-state index in [4.69, 9.17) is 21.6 Å². The molecule has 2 fully saturated rings. The Balaban J connectivity index is 0.946. The summed E-state index contributed by atoms with van der Waals surface area (Å²) in [6.07, 6.45) is 8.01. The molecule has 2 amide bonds. The Labute approximate surface area is 338 Å². The second kappa shape index (κ2) is 15.7. The smallest absolute Gasteiger partial charge is 0.309 e. The van der Waals surface area contributed by atoms with Crippen LogP contribution in [0.1, 0.15) is 108 Å². The van der Waals surface area contributed by atoms with Gasteiger partial charge >= 0.3 is 5.97 Å². The van der Waals surface area contributed by atoms with Gasteiger partial charge < -0.3 is 30.0 Å². The highest BCUT2D eigenvalue weighted by Crippen LogP contribution is 2.40. The second-order valence-corrected chi connectivity index (χ2v) is 17.2. The summed E-state index contributed by atoms with van der Waals surface area (Å²) in [5.74, 6) is -0.681. The summed E-state index contributed by atoms with van der Waals surface area (Å²) in [6, 6.07) is 11.9. The zero-order valence-corrected chi connectivity index (χ0v) is 34.0. The molecule has 8 rings (SSSR count). The Morgan fingerprint density at radius 1 is 0.754 bits per heavy atom. The van der Waals surface area contributed by atoms with Crippen LogP contribution >= 0.6 is 11.6 Å². The standard InChI is InChI=1S/C43H53ClN8O5/c1-25-29(7-5-9-31(25)47-40(54)38-45-33-23-51(21-17-35(33)49(38)3)26-11-13-28(53)14-12-26)30-8-6-10-32(37(30)44)48-41(55)39-46-34-24-52(22-18-36(34)50(39)4)27-15-19-43(2,20-16-27)42(56)57/h5-10,26-28,53H,11-24H2,1-4H3,(H,47,54)(H,48,55)(H,56,57). The SMILES string of the molecule is Cc1c(NC(=O)c2nc3c(n2C)CCN(C2CCC(O)CC2)C3)cccc1-c1cccc(NC(=O)c2nc3c(n2C)CCN(C2CCC(C)(C(=O)O)CC2)C3)c1Cl. The molecule has 0 saturated heterocycles. The first kappa shape index (κ1) is 39.3. The van der Waals surface area contributed by atoms with Crippen molar-refractivity contribution in [2.75, 3.05) is 23.7 Å². The van der Waals surface area contributed by atoms with Crippen molar-refractivity contribution in [2.45, 2.75) is 109 Å². The molecule has 4 aromatic rings. The number of carboxylic acids is 1. The first-order valence-corrected chi connectivity index (χ1v) is 20.7. The zero-order chi connectivity index (χ0) is 40.2. The molecule has 0 atom stereocenters. The third kappa shape index (κ3) is 7.50. The number of anilines is 2. The minimum atomic E-state index is -0.718. The molecule has 14 heteroatoms. The van der Waals surface area contributed by atoms with Gasteiger partial charge in [-0.1, -0.05) is 35.9 Å². The van der Waals surface area contributed by atoms with Gasteiger partial charge in [-0.2, -0.15) is 0 Å². The number of carbonyl (C=O) groups is 3. The minimum Gasteiger partial charge on any atom is -0.481 e. The van der Waals surface area contributed by atoms with Gasteiger partial charge in [-0.05, 0) is 88.5 Å².